The Kier molecular flexibility index (Phi) is 5.91. The van der Waals surface area contributed by atoms with E-state index in [-0.39, 0.29) is 19.1 Å². The normalized spacial score (nSPS) is 10.7. The topological polar surface area (TPSA) is 68.5 Å². The lowest BCUT2D eigenvalue weighted by Crippen LogP contribution is -2.31. The summed E-state index contributed by atoms with van der Waals surface area (Å²) in [4.78, 5) is 18.2. The fourth-order valence-corrected chi connectivity index (χ4v) is 2.97. The molecule has 0 aliphatic carbocycles. The molecule has 140 valence electrons. The molecule has 6 nitrogen and oxygen atoms in total. The molecular weight excluding hydrogens is 410 g/mol. The van der Waals surface area contributed by atoms with E-state index in [2.05, 4.69) is 26.1 Å². The van der Waals surface area contributed by atoms with Gasteiger partial charge in [-0.1, -0.05) is 50.9 Å². The van der Waals surface area contributed by atoms with Crippen LogP contribution in [0.2, 0.25) is 0 Å². The van der Waals surface area contributed by atoms with Crippen LogP contribution < -0.4 is 4.74 Å². The summed E-state index contributed by atoms with van der Waals surface area (Å²) in [6.45, 7) is 4.14. The molecule has 0 aliphatic rings. The van der Waals surface area contributed by atoms with Crippen molar-refractivity contribution in [2.75, 3.05) is 13.7 Å². The number of amides is 1. The summed E-state index contributed by atoms with van der Waals surface area (Å²) < 4.78 is 11.8. The number of hydrogen-bond acceptors (Lipinski definition) is 5. The van der Waals surface area contributed by atoms with Crippen LogP contribution in [0.5, 0.6) is 5.75 Å². The molecule has 1 heterocycles. The van der Waals surface area contributed by atoms with Crippen molar-refractivity contribution in [1.82, 2.24) is 15.0 Å². The van der Waals surface area contributed by atoms with E-state index in [0.29, 0.717) is 17.5 Å². The minimum absolute atomic E-state index is 0.0486. The Labute approximate surface area is 166 Å². The highest BCUT2D eigenvalue weighted by molar-refractivity contribution is 9.10. The lowest BCUT2D eigenvalue weighted by molar-refractivity contribution is -0.132. The number of aromatic nitrogens is 2. The van der Waals surface area contributed by atoms with Gasteiger partial charge < -0.3 is 14.2 Å². The summed E-state index contributed by atoms with van der Waals surface area (Å²) >= 11 is 3.42. The molecule has 0 bridgehead atoms. The first-order valence-electron chi connectivity index (χ1n) is 8.45. The van der Waals surface area contributed by atoms with Crippen LogP contribution in [-0.4, -0.2) is 34.6 Å². The van der Waals surface area contributed by atoms with Crippen LogP contribution in [0.25, 0.3) is 11.4 Å². The number of likely N-dealkylation sites (N-methyl/N-ethyl adjacent to an activating group) is 1. The predicted octanol–water partition coefficient (Wildman–Crippen LogP) is 4.15. The summed E-state index contributed by atoms with van der Waals surface area (Å²) in [5.41, 5.74) is 2.99. The number of carbonyl (C=O) groups is 1. The molecule has 0 N–H and O–H groups in total. The molecule has 3 aromatic rings. The monoisotopic (exact) mass is 429 g/mol. The fourth-order valence-electron chi connectivity index (χ4n) is 2.57. The molecule has 1 amide bonds. The number of nitrogens with zero attached hydrogens (tertiary/aromatic N) is 3. The van der Waals surface area contributed by atoms with Crippen LogP contribution in [0, 0.1) is 13.8 Å². The van der Waals surface area contributed by atoms with E-state index < -0.39 is 0 Å². The first kappa shape index (κ1) is 19.1. The molecule has 0 spiro atoms. The second-order valence-electron chi connectivity index (χ2n) is 6.33. The van der Waals surface area contributed by atoms with Gasteiger partial charge in [0.1, 0.15) is 5.75 Å². The molecule has 0 radical (unpaired) electrons. The zero-order valence-corrected chi connectivity index (χ0v) is 17.0. The number of rotatable bonds is 6. The maximum absolute atomic E-state index is 12.3. The van der Waals surface area contributed by atoms with Crippen LogP contribution in [0.3, 0.4) is 0 Å². The van der Waals surface area contributed by atoms with Crippen molar-refractivity contribution in [2.45, 2.75) is 20.4 Å². The predicted molar refractivity (Wildman–Crippen MR) is 105 cm³/mol. The molecule has 0 aliphatic heterocycles. The zero-order valence-electron chi connectivity index (χ0n) is 15.4. The van der Waals surface area contributed by atoms with E-state index in [1.165, 1.54) is 4.90 Å². The molecule has 0 fully saturated rings. The van der Waals surface area contributed by atoms with Gasteiger partial charge in [-0.25, -0.2) is 0 Å². The molecule has 0 unspecified atom stereocenters. The number of aryl methyl sites for hydroxylation is 2. The average molecular weight is 430 g/mol. The molecule has 3 rings (SSSR count). The first-order valence-corrected chi connectivity index (χ1v) is 9.24. The van der Waals surface area contributed by atoms with Crippen molar-refractivity contribution in [3.63, 3.8) is 0 Å². The fraction of sp³-hybridized carbons (Fsp3) is 0.250. The Bertz CT molecular complexity index is 955. The summed E-state index contributed by atoms with van der Waals surface area (Å²) in [6.07, 6.45) is 0. The van der Waals surface area contributed by atoms with Crippen molar-refractivity contribution in [2.24, 2.45) is 0 Å². The zero-order chi connectivity index (χ0) is 19.4. The second kappa shape index (κ2) is 8.35. The highest BCUT2D eigenvalue weighted by Crippen LogP contribution is 2.21. The van der Waals surface area contributed by atoms with Gasteiger partial charge in [0.05, 0.1) is 6.54 Å². The first-order chi connectivity index (χ1) is 12.9. The van der Waals surface area contributed by atoms with E-state index in [1.807, 2.05) is 56.3 Å². The van der Waals surface area contributed by atoms with Crippen LogP contribution >= 0.6 is 15.9 Å². The van der Waals surface area contributed by atoms with Crippen molar-refractivity contribution < 1.29 is 14.1 Å². The van der Waals surface area contributed by atoms with Gasteiger partial charge in [0.2, 0.25) is 11.7 Å². The number of hydrogen-bond donors (Lipinski definition) is 0. The Balaban J connectivity index is 1.58. The summed E-state index contributed by atoms with van der Waals surface area (Å²) in [7, 11) is 1.68. The quantitative estimate of drug-likeness (QED) is 0.588. The standard InChI is InChI=1S/C20H20BrN3O3/c1-13-7-8-17(14(2)9-13)26-12-19(25)24(3)11-18-22-20(23-27-18)15-5-4-6-16(21)10-15/h4-10H,11-12H2,1-3H3. The molecule has 0 saturated heterocycles. The van der Waals surface area contributed by atoms with Gasteiger partial charge in [-0.15, -0.1) is 0 Å². The minimum atomic E-state index is -0.169. The lowest BCUT2D eigenvalue weighted by Gasteiger charge is -2.16. The smallest absolute Gasteiger partial charge is 0.260 e. The third-order valence-corrected chi connectivity index (χ3v) is 4.52. The Morgan fingerprint density at radius 3 is 2.78 bits per heavy atom. The largest absolute Gasteiger partial charge is 0.484 e. The van der Waals surface area contributed by atoms with Gasteiger partial charge in [0.15, 0.2) is 6.61 Å². The van der Waals surface area contributed by atoms with E-state index in [4.69, 9.17) is 9.26 Å². The Morgan fingerprint density at radius 2 is 2.04 bits per heavy atom. The van der Waals surface area contributed by atoms with Crippen LogP contribution in [0.1, 0.15) is 17.0 Å². The number of carbonyl (C=O) groups excluding carboxylic acids is 1. The number of benzene rings is 2. The van der Waals surface area contributed by atoms with Crippen LogP contribution in [0.4, 0.5) is 0 Å². The summed E-state index contributed by atoms with van der Waals surface area (Å²) in [5, 5.41) is 3.98. The van der Waals surface area contributed by atoms with Gasteiger partial charge >= 0.3 is 0 Å². The van der Waals surface area contributed by atoms with Gasteiger partial charge in [0, 0.05) is 17.1 Å². The average Bonchev–Trinajstić information content (AvgIpc) is 3.09. The maximum Gasteiger partial charge on any atom is 0.260 e. The Hall–Kier alpha value is -2.67. The highest BCUT2D eigenvalue weighted by atomic mass is 79.9. The lowest BCUT2D eigenvalue weighted by atomic mass is 10.1. The van der Waals surface area contributed by atoms with Gasteiger partial charge in [-0.05, 0) is 37.6 Å². The molecule has 7 heteroatoms. The number of ether oxygens (including phenoxy) is 1. The van der Waals surface area contributed by atoms with Crippen molar-refractivity contribution in [3.05, 3.63) is 64.0 Å². The summed E-state index contributed by atoms with van der Waals surface area (Å²) in [5.74, 6) is 1.39. The third-order valence-electron chi connectivity index (χ3n) is 4.03. The molecule has 0 atom stereocenters. The molecule has 1 aromatic heterocycles. The van der Waals surface area contributed by atoms with Gasteiger partial charge in [0.25, 0.3) is 5.91 Å². The molecular formula is C20H20BrN3O3. The van der Waals surface area contributed by atoms with E-state index in [1.54, 1.807) is 7.05 Å². The molecule has 2 aromatic carbocycles. The maximum atomic E-state index is 12.3. The van der Waals surface area contributed by atoms with Gasteiger partial charge in [-0.3, -0.25) is 4.79 Å². The van der Waals surface area contributed by atoms with Gasteiger partial charge in [-0.2, -0.15) is 4.98 Å². The third kappa shape index (κ3) is 4.95. The molecule has 27 heavy (non-hydrogen) atoms. The van der Waals surface area contributed by atoms with Crippen LogP contribution in [0.15, 0.2) is 51.5 Å². The van der Waals surface area contributed by atoms with Crippen molar-refractivity contribution >= 4 is 21.8 Å². The molecule has 0 saturated carbocycles. The SMILES string of the molecule is Cc1ccc(OCC(=O)N(C)Cc2nc(-c3cccc(Br)c3)no2)c(C)c1. The highest BCUT2D eigenvalue weighted by Gasteiger charge is 2.16. The van der Waals surface area contributed by atoms with E-state index >= 15 is 0 Å². The summed E-state index contributed by atoms with van der Waals surface area (Å²) in [6, 6.07) is 13.5. The van der Waals surface area contributed by atoms with E-state index in [0.717, 1.165) is 21.2 Å². The minimum Gasteiger partial charge on any atom is -0.484 e. The second-order valence-corrected chi connectivity index (χ2v) is 7.25. The van der Waals surface area contributed by atoms with Crippen molar-refractivity contribution in [3.8, 4) is 17.1 Å². The number of halogens is 1. The van der Waals surface area contributed by atoms with Crippen LogP contribution in [-0.2, 0) is 11.3 Å². The van der Waals surface area contributed by atoms with Crippen molar-refractivity contribution in [1.29, 1.82) is 0 Å². The Morgan fingerprint density at radius 1 is 1.22 bits per heavy atom. The van der Waals surface area contributed by atoms with E-state index in [9.17, 15) is 4.79 Å².